The topological polar surface area (TPSA) is 96.0 Å². The summed E-state index contributed by atoms with van der Waals surface area (Å²) in [5.41, 5.74) is 3.25. The van der Waals surface area contributed by atoms with Gasteiger partial charge in [-0.25, -0.2) is 8.42 Å². The van der Waals surface area contributed by atoms with E-state index in [0.29, 0.717) is 17.9 Å². The lowest BCUT2D eigenvalue weighted by atomic mass is 10.0. The van der Waals surface area contributed by atoms with Crippen LogP contribution in [0.2, 0.25) is 5.02 Å². The summed E-state index contributed by atoms with van der Waals surface area (Å²) in [5.74, 6) is -0.0787. The van der Waals surface area contributed by atoms with Crippen molar-refractivity contribution in [3.8, 4) is 5.75 Å². The van der Waals surface area contributed by atoms with Gasteiger partial charge in [-0.15, -0.1) is 0 Å². The Morgan fingerprint density at radius 2 is 1.70 bits per heavy atom. The first-order valence-corrected chi connectivity index (χ1v) is 15.2. The zero-order chi connectivity index (χ0) is 29.3. The van der Waals surface area contributed by atoms with Crippen LogP contribution in [0.5, 0.6) is 5.75 Å². The number of benzene rings is 3. The molecule has 0 heterocycles. The minimum absolute atomic E-state index is 0.0457. The summed E-state index contributed by atoms with van der Waals surface area (Å²) in [4.78, 5) is 28.5. The first-order chi connectivity index (χ1) is 19.0. The minimum atomic E-state index is -3.66. The number of anilines is 1. The van der Waals surface area contributed by atoms with Crippen molar-refractivity contribution in [1.29, 1.82) is 0 Å². The molecule has 0 aliphatic rings. The van der Waals surface area contributed by atoms with E-state index in [0.717, 1.165) is 22.9 Å². The van der Waals surface area contributed by atoms with E-state index in [9.17, 15) is 18.0 Å². The van der Waals surface area contributed by atoms with Crippen LogP contribution in [0, 0.1) is 6.92 Å². The molecule has 0 bridgehead atoms. The van der Waals surface area contributed by atoms with Gasteiger partial charge in [-0.3, -0.25) is 13.9 Å². The van der Waals surface area contributed by atoms with Gasteiger partial charge in [0.25, 0.3) is 0 Å². The molecule has 3 aromatic rings. The van der Waals surface area contributed by atoms with Crippen LogP contribution in [0.3, 0.4) is 0 Å². The normalized spacial score (nSPS) is 11.9. The van der Waals surface area contributed by atoms with E-state index in [1.54, 1.807) is 24.1 Å². The van der Waals surface area contributed by atoms with Gasteiger partial charge in [0.05, 0.1) is 24.1 Å². The maximum Gasteiger partial charge on any atom is 0.242 e. The minimum Gasteiger partial charge on any atom is -0.495 e. The van der Waals surface area contributed by atoms with Crippen LogP contribution < -0.4 is 14.4 Å². The van der Waals surface area contributed by atoms with Gasteiger partial charge in [-0.1, -0.05) is 66.2 Å². The monoisotopic (exact) mass is 585 g/mol. The molecule has 0 saturated carbocycles. The number of carbonyl (C=O) groups is 2. The Balaban J connectivity index is 1.86. The second-order valence-electron chi connectivity index (χ2n) is 9.53. The van der Waals surface area contributed by atoms with Crippen molar-refractivity contribution in [3.63, 3.8) is 0 Å². The SMILES string of the molecule is CNC(=O)C(Cc1ccccc1)N(Cc1ccccc1C)C(=O)CCCN(c1ccc(OC)c(Cl)c1)S(C)(=O)=O. The number of likely N-dealkylation sites (N-methyl/N-ethyl adjacent to an activating group) is 1. The van der Waals surface area contributed by atoms with Crippen LogP contribution in [0.25, 0.3) is 0 Å². The molecular weight excluding hydrogens is 550 g/mol. The number of hydrogen-bond acceptors (Lipinski definition) is 5. The van der Waals surface area contributed by atoms with Crippen LogP contribution >= 0.6 is 11.6 Å². The summed E-state index contributed by atoms with van der Waals surface area (Å²) < 4.78 is 31.6. The Bertz CT molecular complexity index is 1420. The largest absolute Gasteiger partial charge is 0.495 e. The molecule has 40 heavy (non-hydrogen) atoms. The van der Waals surface area contributed by atoms with Gasteiger partial charge in [-0.2, -0.15) is 0 Å². The van der Waals surface area contributed by atoms with E-state index in [1.165, 1.54) is 17.5 Å². The zero-order valence-electron chi connectivity index (χ0n) is 23.3. The standard InChI is InChI=1S/C30H36ClN3O5S/c1-22-11-8-9-14-24(22)21-33(27(30(36)32-2)19-23-12-6-5-7-13-23)29(35)15-10-18-34(40(4,37)38)25-16-17-28(39-3)26(31)20-25/h5-9,11-14,16-17,20,27H,10,15,18-19,21H2,1-4H3,(H,32,36). The van der Waals surface area contributed by atoms with Crippen molar-refractivity contribution in [3.05, 3.63) is 94.5 Å². The number of halogens is 1. The summed E-state index contributed by atoms with van der Waals surface area (Å²) >= 11 is 6.24. The Kier molecular flexibility index (Phi) is 11.0. The highest BCUT2D eigenvalue weighted by molar-refractivity contribution is 7.92. The van der Waals surface area contributed by atoms with Crippen LogP contribution in [0.1, 0.15) is 29.5 Å². The lowest BCUT2D eigenvalue weighted by Gasteiger charge is -2.32. The van der Waals surface area contributed by atoms with Gasteiger partial charge < -0.3 is 15.0 Å². The highest BCUT2D eigenvalue weighted by atomic mass is 35.5. The van der Waals surface area contributed by atoms with Crippen molar-refractivity contribution >= 4 is 39.1 Å². The third kappa shape index (κ3) is 8.22. The van der Waals surface area contributed by atoms with E-state index in [4.69, 9.17) is 16.3 Å². The average Bonchev–Trinajstić information content (AvgIpc) is 2.93. The Hall–Kier alpha value is -3.56. The fourth-order valence-corrected chi connectivity index (χ4v) is 5.72. The van der Waals surface area contributed by atoms with E-state index >= 15 is 0 Å². The van der Waals surface area contributed by atoms with Gasteiger partial charge in [0, 0.05) is 33.0 Å². The van der Waals surface area contributed by atoms with Crippen molar-refractivity contribution in [2.45, 2.75) is 38.8 Å². The molecule has 0 saturated heterocycles. The molecule has 3 aromatic carbocycles. The number of methoxy groups -OCH3 is 1. The molecule has 1 unspecified atom stereocenters. The number of ether oxygens (including phenoxy) is 1. The van der Waals surface area contributed by atoms with Gasteiger partial charge in [0.15, 0.2) is 0 Å². The van der Waals surface area contributed by atoms with E-state index in [-0.39, 0.29) is 42.8 Å². The third-order valence-electron chi connectivity index (χ3n) is 6.69. The molecule has 8 nitrogen and oxygen atoms in total. The maximum absolute atomic E-state index is 13.8. The molecule has 0 aromatic heterocycles. The van der Waals surface area contributed by atoms with Crippen LogP contribution in [-0.2, 0) is 32.6 Å². The number of aryl methyl sites for hydroxylation is 1. The zero-order valence-corrected chi connectivity index (χ0v) is 24.8. The number of nitrogens with zero attached hydrogens (tertiary/aromatic N) is 2. The van der Waals surface area contributed by atoms with Gasteiger partial charge in [0.1, 0.15) is 11.8 Å². The number of amides is 2. The second kappa shape index (κ2) is 14.2. The first-order valence-electron chi connectivity index (χ1n) is 13.0. The third-order valence-corrected chi connectivity index (χ3v) is 8.18. The summed E-state index contributed by atoms with van der Waals surface area (Å²) in [6.07, 6.45) is 1.74. The van der Waals surface area contributed by atoms with Gasteiger partial charge >= 0.3 is 0 Å². The van der Waals surface area contributed by atoms with E-state index in [1.807, 2.05) is 61.5 Å². The molecule has 10 heteroatoms. The fourth-order valence-electron chi connectivity index (χ4n) is 4.51. The Morgan fingerprint density at radius 3 is 2.30 bits per heavy atom. The maximum atomic E-state index is 13.8. The molecule has 0 aliphatic carbocycles. The number of sulfonamides is 1. The smallest absolute Gasteiger partial charge is 0.242 e. The van der Waals surface area contributed by atoms with E-state index < -0.39 is 16.1 Å². The highest BCUT2D eigenvalue weighted by Gasteiger charge is 2.30. The first kappa shape index (κ1) is 31.0. The Morgan fingerprint density at radius 1 is 1.02 bits per heavy atom. The highest BCUT2D eigenvalue weighted by Crippen LogP contribution is 2.30. The van der Waals surface area contributed by atoms with E-state index in [2.05, 4.69) is 5.32 Å². The lowest BCUT2D eigenvalue weighted by Crippen LogP contribution is -2.50. The number of rotatable bonds is 13. The molecule has 0 aliphatic heterocycles. The van der Waals surface area contributed by atoms with Crippen LogP contribution in [-0.4, -0.2) is 58.1 Å². The molecule has 0 fully saturated rings. The number of hydrogen-bond donors (Lipinski definition) is 1. The molecule has 214 valence electrons. The van der Waals surface area contributed by atoms with Gasteiger partial charge in [-0.05, 0) is 48.2 Å². The second-order valence-corrected chi connectivity index (χ2v) is 11.8. The molecule has 2 amide bonds. The Labute approximate surface area is 241 Å². The molecular formula is C30H36ClN3O5S. The van der Waals surface area contributed by atoms with Crippen LogP contribution in [0.15, 0.2) is 72.8 Å². The summed E-state index contributed by atoms with van der Waals surface area (Å²) in [6, 6.07) is 21.3. The molecule has 0 radical (unpaired) electrons. The lowest BCUT2D eigenvalue weighted by molar-refractivity contribution is -0.141. The van der Waals surface area contributed by atoms with Crippen molar-refractivity contribution in [2.24, 2.45) is 0 Å². The predicted octanol–water partition coefficient (Wildman–Crippen LogP) is 4.59. The predicted molar refractivity (Wildman–Crippen MR) is 159 cm³/mol. The summed E-state index contributed by atoms with van der Waals surface area (Å²) in [5, 5.41) is 2.99. The summed E-state index contributed by atoms with van der Waals surface area (Å²) in [7, 11) is -0.620. The molecule has 0 spiro atoms. The molecule has 1 N–H and O–H groups in total. The molecule has 3 rings (SSSR count). The average molecular weight is 586 g/mol. The quantitative estimate of drug-likeness (QED) is 0.317. The van der Waals surface area contributed by atoms with Crippen molar-refractivity contribution in [2.75, 3.05) is 31.3 Å². The fraction of sp³-hybridized carbons (Fsp3) is 0.333. The van der Waals surface area contributed by atoms with Crippen LogP contribution in [0.4, 0.5) is 5.69 Å². The molecule has 1 atom stereocenters. The number of nitrogens with one attached hydrogen (secondary N) is 1. The summed E-state index contributed by atoms with van der Waals surface area (Å²) in [6.45, 7) is 2.28. The number of carbonyl (C=O) groups excluding carboxylic acids is 2. The van der Waals surface area contributed by atoms with Gasteiger partial charge in [0.2, 0.25) is 21.8 Å². The van der Waals surface area contributed by atoms with Crippen molar-refractivity contribution < 1.29 is 22.7 Å². The van der Waals surface area contributed by atoms with Crippen molar-refractivity contribution in [1.82, 2.24) is 10.2 Å².